The summed E-state index contributed by atoms with van der Waals surface area (Å²) in [4.78, 5) is 0. The fourth-order valence-electron chi connectivity index (χ4n) is 1.88. The average molecular weight is 421 g/mol. The van der Waals surface area contributed by atoms with Crippen LogP contribution in [0.15, 0.2) is 110 Å². The van der Waals surface area contributed by atoms with Gasteiger partial charge >= 0.3 is 22.6 Å². The second kappa shape index (κ2) is 15.7. The molecule has 0 saturated heterocycles. The van der Waals surface area contributed by atoms with Crippen molar-refractivity contribution < 1.29 is 34.9 Å². The van der Waals surface area contributed by atoms with Crippen molar-refractivity contribution in [2.45, 2.75) is 0 Å². The van der Waals surface area contributed by atoms with Crippen molar-refractivity contribution in [1.29, 1.82) is 0 Å². The quantitative estimate of drug-likeness (QED) is 0.258. The molecule has 0 radical (unpaired) electrons. The number of hydrogen-bond donors (Lipinski definition) is 0. The Morgan fingerprint density at radius 2 is 0.704 bits per heavy atom. The Morgan fingerprint density at radius 3 is 0.889 bits per heavy atom. The van der Waals surface area contributed by atoms with Gasteiger partial charge in [-0.1, -0.05) is 36.3 Å². The number of benzene rings is 1. The molecule has 0 saturated carbocycles. The minimum atomic E-state index is -0.585. The normalized spacial score (nSPS) is 11.6. The standard InChI is InChI=1S/C12H12N3P.C6H6.2CO.Cr/c1-2-8-13(7-1)16(14-9-3-4-10-14)15-11-5-6-12-15;1-2-4-6-5-3-1;2*1-2;/h1-12H;1-6H;;;/i;1D,2D,3D,4D,5D,6D;;;. The smallest absolute Gasteiger partial charge is 0.219 e. The third-order valence-electron chi connectivity index (χ3n) is 2.76. The predicted molar refractivity (Wildman–Crippen MR) is 101 cm³/mol. The molecule has 0 bridgehead atoms. The molecule has 0 N–H and O–H groups in total. The van der Waals surface area contributed by atoms with E-state index in [1.165, 1.54) is 0 Å². The molecule has 3 heterocycles. The molecule has 4 rings (SSSR count). The molecule has 0 aliphatic heterocycles. The summed E-state index contributed by atoms with van der Waals surface area (Å²) in [6, 6.07) is 9.60. The Balaban J connectivity index is 0.000000542. The van der Waals surface area contributed by atoms with Crippen molar-refractivity contribution in [2.24, 2.45) is 0 Å². The van der Waals surface area contributed by atoms with Crippen LogP contribution in [0.4, 0.5) is 0 Å². The van der Waals surface area contributed by atoms with Gasteiger partial charge in [-0.15, -0.1) is 0 Å². The fourth-order valence-corrected chi connectivity index (χ4v) is 3.77. The van der Waals surface area contributed by atoms with E-state index in [0.29, 0.717) is 0 Å². The SMILES string of the molecule is [2H]c1c([2H])c([2H])c([2H])c([2H])c1[2H].[C-]#[O+].[C-]#[O+].[Cr].c1ccn(P(n2cccc2)n2cccc2)c1. The number of hydrogen-bond acceptors (Lipinski definition) is 0. The van der Waals surface area contributed by atoms with Crippen LogP contribution in [0.1, 0.15) is 8.22 Å². The van der Waals surface area contributed by atoms with E-state index in [2.05, 4.69) is 99.9 Å². The Morgan fingerprint density at radius 1 is 0.519 bits per heavy atom. The van der Waals surface area contributed by atoms with Gasteiger partial charge in [0.25, 0.3) is 0 Å². The molecule has 0 atom stereocenters. The monoisotopic (exact) mass is 421 g/mol. The maximum atomic E-state index is 7.50. The van der Waals surface area contributed by atoms with Crippen LogP contribution in [0, 0.1) is 13.3 Å². The maximum Gasteiger partial charge on any atom is 0.219 e. The molecule has 0 aliphatic carbocycles. The minimum absolute atomic E-state index is 0. The van der Waals surface area contributed by atoms with Gasteiger partial charge in [0.2, 0.25) is 8.37 Å². The zero-order valence-corrected chi connectivity index (χ0v) is 16.1. The van der Waals surface area contributed by atoms with Crippen molar-refractivity contribution in [3.8, 4) is 0 Å². The average Bonchev–Trinajstić information content (AvgIpc) is 3.63. The van der Waals surface area contributed by atoms with Gasteiger partial charge in [-0.3, -0.25) is 13.0 Å². The van der Waals surface area contributed by atoms with Crippen LogP contribution in [-0.2, 0) is 26.7 Å². The van der Waals surface area contributed by atoms with Gasteiger partial charge in [0.1, 0.15) is 0 Å². The molecule has 136 valence electrons. The van der Waals surface area contributed by atoms with Crippen LogP contribution < -0.4 is 0 Å². The summed E-state index contributed by atoms with van der Waals surface area (Å²) in [5, 5.41) is 0. The predicted octanol–water partition coefficient (Wildman–Crippen LogP) is 4.87. The molecule has 0 amide bonds. The first-order valence-corrected chi connectivity index (χ1v) is 8.26. The van der Waals surface area contributed by atoms with Gasteiger partial charge in [-0.2, -0.15) is 0 Å². The number of nitrogens with zero attached hydrogens (tertiary/aromatic N) is 3. The van der Waals surface area contributed by atoms with Gasteiger partial charge in [0.05, 0.1) is 8.22 Å². The van der Waals surface area contributed by atoms with E-state index in [1.807, 2.05) is 0 Å². The first-order chi connectivity index (χ1) is 15.4. The molecule has 7 heteroatoms. The van der Waals surface area contributed by atoms with Gasteiger partial charge in [0, 0.05) is 54.5 Å². The van der Waals surface area contributed by atoms with E-state index in [4.69, 9.17) is 17.5 Å². The molecule has 4 aromatic rings. The molecule has 1 aromatic carbocycles. The van der Waals surface area contributed by atoms with Gasteiger partial charge in [-0.25, -0.2) is 0 Å². The van der Waals surface area contributed by atoms with Crippen molar-refractivity contribution >= 4 is 8.37 Å². The summed E-state index contributed by atoms with van der Waals surface area (Å²) in [6.45, 7) is 9.00. The van der Waals surface area contributed by atoms with E-state index in [1.54, 1.807) is 0 Å². The zero-order valence-electron chi connectivity index (χ0n) is 19.9. The molecule has 0 spiro atoms. The largest absolute Gasteiger partial charge is 0.299 e. The number of aromatic nitrogens is 3. The first kappa shape index (κ1) is 15.5. The van der Waals surface area contributed by atoms with E-state index in [-0.39, 0.29) is 17.4 Å². The van der Waals surface area contributed by atoms with E-state index >= 15 is 0 Å². The second-order valence-electron chi connectivity index (χ2n) is 4.21. The summed E-state index contributed by atoms with van der Waals surface area (Å²) in [7, 11) is -0.585. The van der Waals surface area contributed by atoms with Crippen LogP contribution in [0.5, 0.6) is 0 Å². The van der Waals surface area contributed by atoms with Crippen LogP contribution in [-0.4, -0.2) is 13.0 Å². The minimum Gasteiger partial charge on any atom is -0.299 e. The van der Waals surface area contributed by atoms with Crippen molar-refractivity contribution in [3.05, 3.63) is 123 Å². The van der Waals surface area contributed by atoms with Crippen LogP contribution in [0.2, 0.25) is 0 Å². The maximum absolute atomic E-state index is 7.50. The third-order valence-corrected chi connectivity index (χ3v) is 4.80. The van der Waals surface area contributed by atoms with Gasteiger partial charge in [-0.05, 0) is 36.4 Å². The Hall–Kier alpha value is -2.50. The van der Waals surface area contributed by atoms with E-state index < -0.39 is 44.6 Å². The Labute approximate surface area is 179 Å². The van der Waals surface area contributed by atoms with Gasteiger partial charge in [0.15, 0.2) is 0 Å². The topological polar surface area (TPSA) is 54.6 Å². The Bertz CT molecular complexity index is 942. The Kier molecular flexibility index (Phi) is 9.06. The summed E-state index contributed by atoms with van der Waals surface area (Å²) in [5.74, 6) is 0. The molecular formula is C20H18CrN3O2P. The van der Waals surface area contributed by atoms with Gasteiger partial charge < -0.3 is 0 Å². The van der Waals surface area contributed by atoms with Crippen molar-refractivity contribution in [3.63, 3.8) is 0 Å². The van der Waals surface area contributed by atoms with Crippen LogP contribution in [0.25, 0.3) is 0 Å². The zero-order chi connectivity index (χ0) is 24.3. The summed E-state index contributed by atoms with van der Waals surface area (Å²) < 4.78 is 64.4. The molecule has 27 heavy (non-hydrogen) atoms. The van der Waals surface area contributed by atoms with Crippen molar-refractivity contribution in [2.75, 3.05) is 0 Å². The first-order valence-electron chi connectivity index (χ1n) is 10.1. The third kappa shape index (κ3) is 8.16. The van der Waals surface area contributed by atoms with Crippen molar-refractivity contribution in [1.82, 2.24) is 13.0 Å². The fraction of sp³-hybridized carbons (Fsp3) is 0. The molecule has 0 fully saturated rings. The van der Waals surface area contributed by atoms with Crippen LogP contribution >= 0.6 is 8.37 Å². The summed E-state index contributed by atoms with van der Waals surface area (Å²) in [5.41, 5.74) is 0. The van der Waals surface area contributed by atoms with E-state index in [0.717, 1.165) is 0 Å². The number of rotatable bonds is 3. The van der Waals surface area contributed by atoms with Crippen LogP contribution in [0.3, 0.4) is 0 Å². The molecule has 5 nitrogen and oxygen atoms in total. The second-order valence-corrected chi connectivity index (χ2v) is 6.13. The molecular weight excluding hydrogens is 397 g/mol. The molecule has 0 unspecified atom stereocenters. The summed E-state index contributed by atoms with van der Waals surface area (Å²) in [6.07, 6.45) is 12.6. The van der Waals surface area contributed by atoms with E-state index in [9.17, 15) is 0 Å². The molecule has 3 aromatic heterocycles. The summed E-state index contributed by atoms with van der Waals surface area (Å²) >= 11 is 0. The molecule has 0 aliphatic rings.